The molecule has 0 spiro atoms. The van der Waals surface area contributed by atoms with E-state index in [1.54, 1.807) is 36.4 Å². The van der Waals surface area contributed by atoms with Crippen molar-refractivity contribution in [2.24, 2.45) is 0 Å². The van der Waals surface area contributed by atoms with Crippen LogP contribution in [0.15, 0.2) is 48.5 Å². The van der Waals surface area contributed by atoms with E-state index in [2.05, 4.69) is 10.2 Å². The predicted molar refractivity (Wildman–Crippen MR) is 101 cm³/mol. The summed E-state index contributed by atoms with van der Waals surface area (Å²) in [6, 6.07) is 13.2. The van der Waals surface area contributed by atoms with Crippen molar-refractivity contribution in [3.63, 3.8) is 0 Å². The molecule has 2 aromatic rings. The Bertz CT molecular complexity index is 734. The molecule has 1 fully saturated rings. The van der Waals surface area contributed by atoms with Crippen LogP contribution in [0.4, 0.5) is 4.39 Å². The van der Waals surface area contributed by atoms with Gasteiger partial charge in [0.05, 0.1) is 19.3 Å². The molecule has 0 bridgehead atoms. The third kappa shape index (κ3) is 5.92. The highest BCUT2D eigenvalue weighted by Crippen LogP contribution is 2.22. The minimum atomic E-state index is -0.278. The fourth-order valence-electron chi connectivity index (χ4n) is 2.97. The van der Waals surface area contributed by atoms with E-state index in [4.69, 9.17) is 21.1 Å². The smallest absolute Gasteiger partial charge is 0.258 e. The molecular formula is C20H22ClFN2O3. The van der Waals surface area contributed by atoms with Crippen molar-refractivity contribution >= 4 is 17.5 Å². The van der Waals surface area contributed by atoms with Crippen molar-refractivity contribution < 1.29 is 18.7 Å². The first-order valence-electron chi connectivity index (χ1n) is 8.84. The molecule has 144 valence electrons. The second kappa shape index (κ2) is 9.69. The summed E-state index contributed by atoms with van der Waals surface area (Å²) in [6.45, 7) is 3.14. The molecule has 1 aliphatic rings. The minimum absolute atomic E-state index is 0.0472. The van der Waals surface area contributed by atoms with Crippen LogP contribution in [0.1, 0.15) is 11.6 Å². The number of hydrogen-bond donors (Lipinski definition) is 1. The van der Waals surface area contributed by atoms with E-state index < -0.39 is 0 Å². The number of halogens is 2. The summed E-state index contributed by atoms with van der Waals surface area (Å²) in [5, 5.41) is 3.52. The van der Waals surface area contributed by atoms with Gasteiger partial charge in [0.1, 0.15) is 11.6 Å². The first kappa shape index (κ1) is 19.6. The van der Waals surface area contributed by atoms with Gasteiger partial charge in [0.15, 0.2) is 6.61 Å². The Morgan fingerprint density at radius 2 is 1.81 bits per heavy atom. The van der Waals surface area contributed by atoms with Crippen molar-refractivity contribution in [1.82, 2.24) is 10.2 Å². The predicted octanol–water partition coefficient (Wildman–Crippen LogP) is 3.05. The Hall–Kier alpha value is -2.15. The number of rotatable bonds is 7. The molecular weight excluding hydrogens is 371 g/mol. The molecule has 1 unspecified atom stereocenters. The minimum Gasteiger partial charge on any atom is -0.484 e. The maximum Gasteiger partial charge on any atom is 0.258 e. The molecule has 2 aromatic carbocycles. The largest absolute Gasteiger partial charge is 0.484 e. The van der Waals surface area contributed by atoms with E-state index in [-0.39, 0.29) is 24.4 Å². The lowest BCUT2D eigenvalue weighted by Crippen LogP contribution is -2.44. The van der Waals surface area contributed by atoms with Crippen molar-refractivity contribution in [1.29, 1.82) is 0 Å². The summed E-state index contributed by atoms with van der Waals surface area (Å²) in [5.41, 5.74) is 0.956. The molecule has 1 heterocycles. The van der Waals surface area contributed by atoms with Gasteiger partial charge < -0.3 is 14.8 Å². The Balaban J connectivity index is 1.57. The molecule has 0 saturated carbocycles. The highest BCUT2D eigenvalue weighted by atomic mass is 35.5. The summed E-state index contributed by atoms with van der Waals surface area (Å²) in [4.78, 5) is 14.4. The number of hydrogen-bond acceptors (Lipinski definition) is 4. The third-order valence-electron chi connectivity index (χ3n) is 4.42. The van der Waals surface area contributed by atoms with Gasteiger partial charge in [-0.05, 0) is 42.0 Å². The lowest BCUT2D eigenvalue weighted by molar-refractivity contribution is -0.123. The fraction of sp³-hybridized carbons (Fsp3) is 0.350. The number of ether oxygens (including phenoxy) is 2. The Morgan fingerprint density at radius 1 is 1.15 bits per heavy atom. The maximum atomic E-state index is 13.3. The summed E-state index contributed by atoms with van der Waals surface area (Å²) < 4.78 is 24.1. The monoisotopic (exact) mass is 392 g/mol. The van der Waals surface area contributed by atoms with Gasteiger partial charge in [0, 0.05) is 24.7 Å². The number of benzene rings is 2. The second-order valence-corrected chi connectivity index (χ2v) is 6.70. The van der Waals surface area contributed by atoms with Gasteiger partial charge in [-0.25, -0.2) is 4.39 Å². The van der Waals surface area contributed by atoms with Crippen molar-refractivity contribution in [3.8, 4) is 5.75 Å². The van der Waals surface area contributed by atoms with Crippen LogP contribution in [0, 0.1) is 5.82 Å². The molecule has 1 aliphatic heterocycles. The van der Waals surface area contributed by atoms with E-state index >= 15 is 0 Å². The zero-order valence-corrected chi connectivity index (χ0v) is 15.6. The Kier molecular flexibility index (Phi) is 7.04. The van der Waals surface area contributed by atoms with Crippen LogP contribution in [-0.2, 0) is 9.53 Å². The van der Waals surface area contributed by atoms with Gasteiger partial charge in [-0.2, -0.15) is 0 Å². The first-order chi connectivity index (χ1) is 13.1. The average molecular weight is 393 g/mol. The third-order valence-corrected chi connectivity index (χ3v) is 4.67. The SMILES string of the molecule is O=C(COc1ccc(Cl)cc1)NCC(c1ccc(F)cc1)N1CCOCC1. The van der Waals surface area contributed by atoms with Crippen LogP contribution in [-0.4, -0.2) is 50.3 Å². The van der Waals surface area contributed by atoms with Gasteiger partial charge >= 0.3 is 0 Å². The first-order valence-corrected chi connectivity index (χ1v) is 9.22. The zero-order valence-electron chi connectivity index (χ0n) is 14.9. The van der Waals surface area contributed by atoms with Crippen LogP contribution in [0.25, 0.3) is 0 Å². The van der Waals surface area contributed by atoms with Gasteiger partial charge in [-0.1, -0.05) is 23.7 Å². The quantitative estimate of drug-likeness (QED) is 0.786. The Morgan fingerprint density at radius 3 is 2.48 bits per heavy atom. The topological polar surface area (TPSA) is 50.8 Å². The van der Waals surface area contributed by atoms with Gasteiger partial charge in [-0.3, -0.25) is 9.69 Å². The van der Waals surface area contributed by atoms with E-state index in [9.17, 15) is 9.18 Å². The summed E-state index contributed by atoms with van der Waals surface area (Å²) in [5.74, 6) is 0.0861. The molecule has 0 aromatic heterocycles. The number of nitrogens with one attached hydrogen (secondary N) is 1. The number of carbonyl (C=O) groups excluding carboxylic acids is 1. The average Bonchev–Trinajstić information content (AvgIpc) is 2.70. The fourth-order valence-corrected chi connectivity index (χ4v) is 3.10. The molecule has 7 heteroatoms. The maximum absolute atomic E-state index is 13.3. The van der Waals surface area contributed by atoms with Crippen LogP contribution in [0.2, 0.25) is 5.02 Å². The van der Waals surface area contributed by atoms with Gasteiger partial charge in [0.25, 0.3) is 5.91 Å². The highest BCUT2D eigenvalue weighted by Gasteiger charge is 2.23. The van der Waals surface area contributed by atoms with Crippen LogP contribution < -0.4 is 10.1 Å². The lowest BCUT2D eigenvalue weighted by atomic mass is 10.0. The zero-order chi connectivity index (χ0) is 19.1. The number of nitrogens with zero attached hydrogens (tertiary/aromatic N) is 1. The molecule has 3 rings (SSSR count). The van der Waals surface area contributed by atoms with Crippen LogP contribution >= 0.6 is 11.6 Å². The summed E-state index contributed by atoms with van der Waals surface area (Å²) >= 11 is 5.83. The molecule has 1 N–H and O–H groups in total. The number of amides is 1. The van der Waals surface area contributed by atoms with E-state index in [0.29, 0.717) is 30.5 Å². The van der Waals surface area contributed by atoms with E-state index in [0.717, 1.165) is 18.7 Å². The summed E-state index contributed by atoms with van der Waals surface area (Å²) in [7, 11) is 0. The van der Waals surface area contributed by atoms with E-state index in [1.165, 1.54) is 12.1 Å². The van der Waals surface area contributed by atoms with Gasteiger partial charge in [-0.15, -0.1) is 0 Å². The molecule has 0 radical (unpaired) electrons. The normalized spacial score (nSPS) is 15.9. The molecule has 27 heavy (non-hydrogen) atoms. The van der Waals surface area contributed by atoms with Crippen LogP contribution in [0.3, 0.4) is 0 Å². The molecule has 1 saturated heterocycles. The lowest BCUT2D eigenvalue weighted by Gasteiger charge is -2.35. The molecule has 1 atom stereocenters. The molecule has 1 amide bonds. The Labute approximate surface area is 163 Å². The number of carbonyl (C=O) groups is 1. The molecule has 0 aliphatic carbocycles. The van der Waals surface area contributed by atoms with Gasteiger partial charge in [0.2, 0.25) is 0 Å². The van der Waals surface area contributed by atoms with Crippen molar-refractivity contribution in [2.75, 3.05) is 39.5 Å². The number of morpholine rings is 1. The standard InChI is InChI=1S/C20H22ClFN2O3/c21-16-3-7-18(8-4-16)27-14-20(25)23-13-19(24-9-11-26-12-10-24)15-1-5-17(22)6-2-15/h1-8,19H,9-14H2,(H,23,25). The highest BCUT2D eigenvalue weighted by molar-refractivity contribution is 6.30. The van der Waals surface area contributed by atoms with Crippen LogP contribution in [0.5, 0.6) is 5.75 Å². The van der Waals surface area contributed by atoms with E-state index in [1.807, 2.05) is 0 Å². The van der Waals surface area contributed by atoms with Crippen molar-refractivity contribution in [3.05, 3.63) is 64.9 Å². The van der Waals surface area contributed by atoms with Crippen molar-refractivity contribution in [2.45, 2.75) is 6.04 Å². The molecule has 5 nitrogen and oxygen atoms in total. The second-order valence-electron chi connectivity index (χ2n) is 6.26. The summed E-state index contributed by atoms with van der Waals surface area (Å²) in [6.07, 6.45) is 0.